The van der Waals surface area contributed by atoms with Crippen LogP contribution in [0.4, 0.5) is 10.5 Å². The highest BCUT2D eigenvalue weighted by atomic mass is 32.2. The van der Waals surface area contributed by atoms with Crippen molar-refractivity contribution in [3.63, 3.8) is 0 Å². The molecule has 0 fully saturated rings. The van der Waals surface area contributed by atoms with Crippen molar-refractivity contribution in [3.05, 3.63) is 29.8 Å². The van der Waals surface area contributed by atoms with Crippen molar-refractivity contribution >= 4 is 22.0 Å². The molecule has 0 radical (unpaired) electrons. The highest BCUT2D eigenvalue weighted by molar-refractivity contribution is 7.91. The average Bonchev–Trinajstić information content (AvgIpc) is 2.58. The van der Waals surface area contributed by atoms with Crippen LogP contribution in [-0.4, -0.2) is 33.3 Å². The summed E-state index contributed by atoms with van der Waals surface area (Å²) >= 11 is 0. The number of rotatable bonds is 2. The van der Waals surface area contributed by atoms with Gasteiger partial charge in [0.25, 0.3) is 0 Å². The number of ether oxygens (including phenoxy) is 1. The molecule has 1 aromatic rings. The van der Waals surface area contributed by atoms with Gasteiger partial charge in [0.1, 0.15) is 0 Å². The molecule has 0 saturated heterocycles. The van der Waals surface area contributed by atoms with E-state index in [1.165, 1.54) is 0 Å². The summed E-state index contributed by atoms with van der Waals surface area (Å²) < 4.78 is 31.6. The topological polar surface area (TPSA) is 95.9 Å². The predicted molar refractivity (Wildman–Crippen MR) is 72.4 cm³/mol. The Morgan fingerprint density at radius 1 is 1.45 bits per heavy atom. The van der Waals surface area contributed by atoms with Crippen LogP contribution in [0.15, 0.2) is 24.3 Å². The molecule has 1 aromatic carbocycles. The van der Waals surface area contributed by atoms with Crippen LogP contribution in [0.5, 0.6) is 0 Å². The number of carbonyl (C=O) groups excluding carboxylic acids is 1. The van der Waals surface area contributed by atoms with Crippen LogP contribution < -0.4 is 9.03 Å². The van der Waals surface area contributed by atoms with E-state index < -0.39 is 22.4 Å². The van der Waals surface area contributed by atoms with E-state index in [0.717, 1.165) is 11.4 Å². The van der Waals surface area contributed by atoms with Gasteiger partial charge in [0.15, 0.2) is 0 Å². The van der Waals surface area contributed by atoms with Crippen molar-refractivity contribution in [2.75, 3.05) is 18.0 Å². The zero-order chi connectivity index (χ0) is 14.8. The molecule has 1 unspecified atom stereocenters. The molecule has 1 aliphatic heterocycles. The van der Waals surface area contributed by atoms with E-state index in [1.54, 1.807) is 24.3 Å². The number of para-hydroxylation sites is 1. The Kier molecular flexibility index (Phi) is 4.15. The van der Waals surface area contributed by atoms with Crippen LogP contribution >= 0.6 is 0 Å². The number of hydrogen-bond donors (Lipinski definition) is 2. The quantitative estimate of drug-likeness (QED) is 0.846. The van der Waals surface area contributed by atoms with Crippen molar-refractivity contribution in [2.24, 2.45) is 0 Å². The van der Waals surface area contributed by atoms with E-state index in [4.69, 9.17) is 0 Å². The summed E-state index contributed by atoms with van der Waals surface area (Å²) in [5.41, 5.74) is 0.897. The summed E-state index contributed by atoms with van der Waals surface area (Å²) in [5.74, 6) is 0. The fourth-order valence-corrected chi connectivity index (χ4v) is 3.35. The number of nitrogens with zero attached hydrogens (tertiary/aromatic N) is 1. The number of carbonyl (C=O) groups is 1. The number of amides is 1. The van der Waals surface area contributed by atoms with Crippen molar-refractivity contribution in [1.29, 1.82) is 0 Å². The Balaban J connectivity index is 2.41. The lowest BCUT2D eigenvalue weighted by Gasteiger charge is -2.24. The van der Waals surface area contributed by atoms with Gasteiger partial charge in [0.2, 0.25) is 0 Å². The molecule has 20 heavy (non-hydrogen) atoms. The number of nitrogens with one attached hydrogen (secondary N) is 1. The minimum absolute atomic E-state index is 0.181. The molecule has 2 rings (SSSR count). The number of methoxy groups -OCH3 is 1. The van der Waals surface area contributed by atoms with Crippen LogP contribution in [0.2, 0.25) is 0 Å². The van der Waals surface area contributed by atoms with Crippen molar-refractivity contribution in [3.8, 4) is 0 Å². The van der Waals surface area contributed by atoms with E-state index in [2.05, 4.69) is 4.74 Å². The smallest absolute Gasteiger partial charge is 0.422 e. The molecule has 1 heterocycles. The van der Waals surface area contributed by atoms with E-state index >= 15 is 0 Å². The van der Waals surface area contributed by atoms with Gasteiger partial charge in [-0.1, -0.05) is 18.2 Å². The van der Waals surface area contributed by atoms with Crippen molar-refractivity contribution in [1.82, 2.24) is 4.72 Å². The number of anilines is 1. The number of hydrogen-bond acceptors (Lipinski definition) is 5. The normalized spacial score (nSPS) is 18.9. The van der Waals surface area contributed by atoms with Crippen LogP contribution in [0, 0.1) is 0 Å². The van der Waals surface area contributed by atoms with Crippen molar-refractivity contribution < 1.29 is 23.1 Å². The average molecular weight is 300 g/mol. The second-order valence-corrected chi connectivity index (χ2v) is 5.98. The van der Waals surface area contributed by atoms with Gasteiger partial charge < -0.3 is 9.84 Å². The molecule has 8 heteroatoms. The minimum Gasteiger partial charge on any atom is -0.452 e. The minimum atomic E-state index is -4.06. The molecule has 0 aromatic heterocycles. The number of fused-ring (bicyclic) bond motifs is 1. The first-order valence-corrected chi connectivity index (χ1v) is 7.55. The van der Waals surface area contributed by atoms with Crippen LogP contribution in [-0.2, 0) is 14.9 Å². The zero-order valence-electron chi connectivity index (χ0n) is 10.9. The Morgan fingerprint density at radius 3 is 2.85 bits per heavy atom. The standard InChI is InChI=1S/C12H16N2O5S/c1-19-12(16)13-20(17,18)14-8-4-7-11(15)9-5-2-3-6-10(9)14/h2-3,5-6,11,15H,4,7-8H2,1H3,(H,13,16). The second kappa shape index (κ2) is 5.68. The molecular formula is C12H16N2O5S. The first-order valence-electron chi connectivity index (χ1n) is 6.11. The first kappa shape index (κ1) is 14.6. The lowest BCUT2D eigenvalue weighted by molar-refractivity contribution is 0.168. The first-order chi connectivity index (χ1) is 9.45. The highest BCUT2D eigenvalue weighted by Gasteiger charge is 2.30. The second-order valence-electron chi connectivity index (χ2n) is 4.39. The molecule has 1 aliphatic rings. The third kappa shape index (κ3) is 2.86. The van der Waals surface area contributed by atoms with Gasteiger partial charge in [0, 0.05) is 12.1 Å². The van der Waals surface area contributed by atoms with Gasteiger partial charge in [0.05, 0.1) is 18.9 Å². The van der Waals surface area contributed by atoms with Gasteiger partial charge in [-0.2, -0.15) is 8.42 Å². The van der Waals surface area contributed by atoms with E-state index in [0.29, 0.717) is 24.1 Å². The number of aliphatic hydroxyl groups excluding tert-OH is 1. The highest BCUT2D eigenvalue weighted by Crippen LogP contribution is 2.33. The third-order valence-corrected chi connectivity index (χ3v) is 4.48. The Bertz CT molecular complexity index is 602. The Morgan fingerprint density at radius 2 is 2.15 bits per heavy atom. The predicted octanol–water partition coefficient (Wildman–Crippen LogP) is 0.921. The molecule has 1 atom stereocenters. The van der Waals surface area contributed by atoms with Gasteiger partial charge in [-0.25, -0.2) is 9.52 Å². The van der Waals surface area contributed by atoms with Gasteiger partial charge in [-0.15, -0.1) is 0 Å². The lowest BCUT2D eigenvalue weighted by atomic mass is 10.1. The number of benzene rings is 1. The maximum atomic E-state index is 12.2. The molecule has 0 aliphatic carbocycles. The Labute approximate surface area is 117 Å². The summed E-state index contributed by atoms with van der Waals surface area (Å²) in [5, 5.41) is 10.0. The summed E-state index contributed by atoms with van der Waals surface area (Å²) in [7, 11) is -2.97. The maximum absolute atomic E-state index is 12.2. The molecular weight excluding hydrogens is 284 g/mol. The fourth-order valence-electron chi connectivity index (χ4n) is 2.15. The van der Waals surface area contributed by atoms with E-state index in [-0.39, 0.29) is 6.54 Å². The monoisotopic (exact) mass is 300 g/mol. The van der Waals surface area contributed by atoms with Crippen molar-refractivity contribution in [2.45, 2.75) is 18.9 Å². The third-order valence-electron chi connectivity index (χ3n) is 3.09. The van der Waals surface area contributed by atoms with E-state index in [9.17, 15) is 18.3 Å². The Hall–Kier alpha value is -1.80. The largest absolute Gasteiger partial charge is 0.452 e. The van der Waals surface area contributed by atoms with Crippen LogP contribution in [0.1, 0.15) is 24.5 Å². The van der Waals surface area contributed by atoms with E-state index in [1.807, 2.05) is 4.72 Å². The van der Waals surface area contributed by atoms with Crippen LogP contribution in [0.3, 0.4) is 0 Å². The van der Waals surface area contributed by atoms with Gasteiger partial charge in [-0.3, -0.25) is 4.31 Å². The molecule has 110 valence electrons. The fraction of sp³-hybridized carbons (Fsp3) is 0.417. The lowest BCUT2D eigenvalue weighted by Crippen LogP contribution is -2.44. The zero-order valence-corrected chi connectivity index (χ0v) is 11.8. The summed E-state index contributed by atoms with van der Waals surface area (Å²) in [6.45, 7) is 0.181. The molecule has 7 nitrogen and oxygen atoms in total. The summed E-state index contributed by atoms with van der Waals surface area (Å²) in [4.78, 5) is 11.1. The summed E-state index contributed by atoms with van der Waals surface area (Å²) in [6.07, 6.45) is -0.823. The molecule has 0 spiro atoms. The molecule has 2 N–H and O–H groups in total. The number of aliphatic hydroxyl groups is 1. The maximum Gasteiger partial charge on any atom is 0.422 e. The molecule has 0 bridgehead atoms. The summed E-state index contributed by atoms with van der Waals surface area (Å²) in [6, 6.07) is 6.68. The van der Waals surface area contributed by atoms with Gasteiger partial charge in [-0.05, 0) is 18.9 Å². The molecule has 0 saturated carbocycles. The van der Waals surface area contributed by atoms with Gasteiger partial charge >= 0.3 is 16.3 Å². The van der Waals surface area contributed by atoms with Crippen LogP contribution in [0.25, 0.3) is 0 Å². The SMILES string of the molecule is COC(=O)NS(=O)(=O)N1CCCC(O)c2ccccc21. The molecule has 1 amide bonds.